The van der Waals surface area contributed by atoms with E-state index in [9.17, 15) is 0 Å². The molecular weight excluding hydrogens is 216 g/mol. The van der Waals surface area contributed by atoms with E-state index in [4.69, 9.17) is 5.11 Å². The van der Waals surface area contributed by atoms with E-state index >= 15 is 0 Å². The fourth-order valence-electron chi connectivity index (χ4n) is 1.58. The summed E-state index contributed by atoms with van der Waals surface area (Å²) >= 11 is 0. The fourth-order valence-corrected chi connectivity index (χ4v) is 1.58. The summed E-state index contributed by atoms with van der Waals surface area (Å²) in [5.74, 6) is 0. The predicted molar refractivity (Wildman–Crippen MR) is 65.6 cm³/mol. The van der Waals surface area contributed by atoms with Crippen LogP contribution in [-0.2, 0) is 13.1 Å². The number of pyridine rings is 1. The van der Waals surface area contributed by atoms with Crippen LogP contribution in [-0.4, -0.2) is 26.5 Å². The lowest BCUT2D eigenvalue weighted by Crippen LogP contribution is -2.02. The molecule has 5 heteroatoms. The fraction of sp³-hybridized carbons (Fsp3) is 0.333. The van der Waals surface area contributed by atoms with E-state index in [1.165, 1.54) is 0 Å². The van der Waals surface area contributed by atoms with Crippen LogP contribution in [0.5, 0.6) is 0 Å². The molecule has 2 rings (SSSR count). The highest BCUT2D eigenvalue weighted by atomic mass is 16.3. The van der Waals surface area contributed by atoms with E-state index in [0.717, 1.165) is 16.8 Å². The molecule has 2 N–H and O–H groups in total. The molecular formula is C12H16N4O. The van der Waals surface area contributed by atoms with Gasteiger partial charge in [0.15, 0.2) is 0 Å². The van der Waals surface area contributed by atoms with Crippen LogP contribution in [0.1, 0.15) is 11.1 Å². The molecule has 0 saturated carbocycles. The number of aromatic nitrogens is 3. The first-order chi connectivity index (χ1) is 8.28. The Bertz CT molecular complexity index is 481. The second-order valence-corrected chi connectivity index (χ2v) is 3.94. The molecule has 0 atom stereocenters. The van der Waals surface area contributed by atoms with Crippen LogP contribution in [0.4, 0.5) is 5.69 Å². The zero-order valence-corrected chi connectivity index (χ0v) is 9.80. The SMILES string of the molecule is Cc1cncc(NCc2cnn(CCO)c2)c1. The number of rotatable bonds is 5. The van der Waals surface area contributed by atoms with Gasteiger partial charge in [0, 0.05) is 30.7 Å². The number of nitrogens with zero attached hydrogens (tertiary/aromatic N) is 3. The first-order valence-electron chi connectivity index (χ1n) is 5.55. The summed E-state index contributed by atoms with van der Waals surface area (Å²) in [5.41, 5.74) is 3.21. The molecule has 0 spiro atoms. The van der Waals surface area contributed by atoms with Crippen LogP contribution in [0.25, 0.3) is 0 Å². The van der Waals surface area contributed by atoms with Gasteiger partial charge >= 0.3 is 0 Å². The molecule has 2 aromatic rings. The Balaban J connectivity index is 1.93. The third-order valence-electron chi connectivity index (χ3n) is 2.39. The van der Waals surface area contributed by atoms with Gasteiger partial charge in [-0.2, -0.15) is 5.10 Å². The normalized spacial score (nSPS) is 10.5. The zero-order chi connectivity index (χ0) is 12.1. The van der Waals surface area contributed by atoms with Gasteiger partial charge in [0.25, 0.3) is 0 Å². The van der Waals surface area contributed by atoms with Crippen LogP contribution in [0.3, 0.4) is 0 Å². The summed E-state index contributed by atoms with van der Waals surface area (Å²) in [6.07, 6.45) is 7.34. The maximum absolute atomic E-state index is 8.78. The van der Waals surface area contributed by atoms with Gasteiger partial charge in [-0.1, -0.05) is 0 Å². The number of aliphatic hydroxyl groups is 1. The van der Waals surface area contributed by atoms with Gasteiger partial charge in [-0.15, -0.1) is 0 Å². The third-order valence-corrected chi connectivity index (χ3v) is 2.39. The van der Waals surface area contributed by atoms with Gasteiger partial charge in [0.05, 0.1) is 25.0 Å². The van der Waals surface area contributed by atoms with Gasteiger partial charge in [0.2, 0.25) is 0 Å². The van der Waals surface area contributed by atoms with Crippen LogP contribution >= 0.6 is 0 Å². The second-order valence-electron chi connectivity index (χ2n) is 3.94. The van der Waals surface area contributed by atoms with E-state index < -0.39 is 0 Å². The molecule has 2 aromatic heterocycles. The molecule has 17 heavy (non-hydrogen) atoms. The lowest BCUT2D eigenvalue weighted by Gasteiger charge is -2.04. The van der Waals surface area contributed by atoms with E-state index in [1.54, 1.807) is 17.1 Å². The Morgan fingerprint density at radius 3 is 3.00 bits per heavy atom. The van der Waals surface area contributed by atoms with Crippen molar-refractivity contribution in [3.8, 4) is 0 Å². The van der Waals surface area contributed by atoms with Crippen LogP contribution in [0, 0.1) is 6.92 Å². The molecule has 0 aliphatic rings. The van der Waals surface area contributed by atoms with Gasteiger partial charge in [-0.3, -0.25) is 9.67 Å². The summed E-state index contributed by atoms with van der Waals surface area (Å²) in [4.78, 5) is 4.11. The van der Waals surface area contributed by atoms with Crippen molar-refractivity contribution < 1.29 is 5.11 Å². The summed E-state index contributed by atoms with van der Waals surface area (Å²) in [7, 11) is 0. The molecule has 5 nitrogen and oxygen atoms in total. The minimum absolute atomic E-state index is 0.107. The molecule has 90 valence electrons. The second kappa shape index (κ2) is 5.45. The van der Waals surface area contributed by atoms with E-state index in [1.807, 2.05) is 25.4 Å². The summed E-state index contributed by atoms with van der Waals surface area (Å²) in [6.45, 7) is 3.36. The Morgan fingerprint density at radius 2 is 2.24 bits per heavy atom. The Kier molecular flexibility index (Phi) is 3.72. The third kappa shape index (κ3) is 3.29. The topological polar surface area (TPSA) is 63.0 Å². The van der Waals surface area contributed by atoms with Crippen molar-refractivity contribution in [3.63, 3.8) is 0 Å². The molecule has 0 amide bonds. The smallest absolute Gasteiger partial charge is 0.0640 e. The van der Waals surface area contributed by atoms with Crippen molar-refractivity contribution in [2.24, 2.45) is 0 Å². The first kappa shape index (κ1) is 11.6. The van der Waals surface area contributed by atoms with E-state index in [0.29, 0.717) is 13.1 Å². The quantitative estimate of drug-likeness (QED) is 0.813. The maximum atomic E-state index is 8.78. The number of aryl methyl sites for hydroxylation is 1. The number of aliphatic hydroxyl groups excluding tert-OH is 1. The standard InChI is InChI=1S/C12H16N4O/c1-10-4-12(8-13-5-10)14-6-11-7-15-16(9-11)2-3-17/h4-5,7-9,14,17H,2-3,6H2,1H3. The Morgan fingerprint density at radius 1 is 1.35 bits per heavy atom. The molecule has 0 bridgehead atoms. The Labute approximate surface area is 100 Å². The van der Waals surface area contributed by atoms with Gasteiger partial charge in [0.1, 0.15) is 0 Å². The van der Waals surface area contributed by atoms with Gasteiger partial charge in [-0.05, 0) is 18.6 Å². The van der Waals surface area contributed by atoms with Gasteiger partial charge in [-0.25, -0.2) is 0 Å². The molecule has 0 fully saturated rings. The minimum atomic E-state index is 0.107. The van der Waals surface area contributed by atoms with Crippen LogP contribution in [0.2, 0.25) is 0 Å². The average molecular weight is 232 g/mol. The highest BCUT2D eigenvalue weighted by molar-refractivity contribution is 5.42. The molecule has 2 heterocycles. The van der Waals surface area contributed by atoms with Gasteiger partial charge < -0.3 is 10.4 Å². The number of nitrogens with one attached hydrogen (secondary N) is 1. The van der Waals surface area contributed by atoms with Crippen LogP contribution in [0.15, 0.2) is 30.9 Å². The monoisotopic (exact) mass is 232 g/mol. The molecule has 0 aromatic carbocycles. The Hall–Kier alpha value is -1.88. The largest absolute Gasteiger partial charge is 0.394 e. The predicted octanol–water partition coefficient (Wildman–Crippen LogP) is 1.19. The van der Waals surface area contributed by atoms with Crippen molar-refractivity contribution in [2.75, 3.05) is 11.9 Å². The lowest BCUT2D eigenvalue weighted by atomic mass is 10.3. The molecule has 0 unspecified atom stereocenters. The molecule has 0 radical (unpaired) electrons. The number of hydrogen-bond acceptors (Lipinski definition) is 4. The summed E-state index contributed by atoms with van der Waals surface area (Å²) in [6, 6.07) is 2.05. The van der Waals surface area contributed by atoms with Crippen LogP contribution < -0.4 is 5.32 Å². The highest BCUT2D eigenvalue weighted by Gasteiger charge is 1.98. The molecule has 0 aliphatic carbocycles. The number of hydrogen-bond donors (Lipinski definition) is 2. The minimum Gasteiger partial charge on any atom is -0.394 e. The molecule has 0 aliphatic heterocycles. The number of anilines is 1. The van der Waals surface area contributed by atoms with Crippen molar-refractivity contribution >= 4 is 5.69 Å². The first-order valence-corrected chi connectivity index (χ1v) is 5.55. The van der Waals surface area contributed by atoms with Crippen molar-refractivity contribution in [2.45, 2.75) is 20.0 Å². The average Bonchev–Trinajstić information content (AvgIpc) is 2.75. The summed E-state index contributed by atoms with van der Waals surface area (Å²) in [5, 5.41) is 16.2. The maximum Gasteiger partial charge on any atom is 0.0640 e. The summed E-state index contributed by atoms with van der Waals surface area (Å²) < 4.78 is 1.73. The van der Waals surface area contributed by atoms with Crippen molar-refractivity contribution in [1.82, 2.24) is 14.8 Å². The van der Waals surface area contributed by atoms with Crippen molar-refractivity contribution in [3.05, 3.63) is 42.0 Å². The molecule has 0 saturated heterocycles. The van der Waals surface area contributed by atoms with Crippen molar-refractivity contribution in [1.29, 1.82) is 0 Å². The highest BCUT2D eigenvalue weighted by Crippen LogP contribution is 2.09. The van der Waals surface area contributed by atoms with E-state index in [-0.39, 0.29) is 6.61 Å². The van der Waals surface area contributed by atoms with E-state index in [2.05, 4.69) is 15.4 Å². The zero-order valence-electron chi connectivity index (χ0n) is 9.80. The lowest BCUT2D eigenvalue weighted by molar-refractivity contribution is 0.269.